The Labute approximate surface area is 220 Å². The summed E-state index contributed by atoms with van der Waals surface area (Å²) in [6, 6.07) is 0. The van der Waals surface area contributed by atoms with Crippen molar-refractivity contribution in [2.75, 3.05) is 64.1 Å². The predicted octanol–water partition coefficient (Wildman–Crippen LogP) is 3.09. The third kappa shape index (κ3) is 11.5. The first kappa shape index (κ1) is 32.5. The summed E-state index contributed by atoms with van der Waals surface area (Å²) in [6.07, 6.45) is 0.171. The Hall–Kier alpha value is -2.72. The Balaban J connectivity index is 0.000000317. The van der Waals surface area contributed by atoms with Gasteiger partial charge in [-0.3, -0.25) is 4.98 Å². The lowest BCUT2D eigenvalue weighted by atomic mass is 9.79. The molecule has 16 heteroatoms. The van der Waals surface area contributed by atoms with Gasteiger partial charge in [-0.05, 0) is 38.1 Å². The van der Waals surface area contributed by atoms with Crippen LogP contribution in [0.3, 0.4) is 0 Å². The zero-order valence-corrected chi connectivity index (χ0v) is 21.1. The molecule has 39 heavy (non-hydrogen) atoms. The van der Waals surface area contributed by atoms with Gasteiger partial charge >= 0.3 is 24.3 Å². The van der Waals surface area contributed by atoms with E-state index in [4.69, 9.17) is 29.3 Å². The number of hydrogen-bond acceptors (Lipinski definition) is 8. The topological polar surface area (TPSA) is 125 Å². The summed E-state index contributed by atoms with van der Waals surface area (Å²) in [5.74, 6) is -3.74. The van der Waals surface area contributed by atoms with Crippen LogP contribution in [-0.4, -0.2) is 109 Å². The second-order valence-corrected chi connectivity index (χ2v) is 9.54. The number of hydrogen-bond donors (Lipinski definition) is 2. The molecule has 3 fully saturated rings. The monoisotopic (exact) mass is 574 g/mol. The van der Waals surface area contributed by atoms with E-state index in [0.717, 1.165) is 57.8 Å². The molecule has 4 rings (SSSR count). The summed E-state index contributed by atoms with van der Waals surface area (Å²) >= 11 is 0. The van der Waals surface area contributed by atoms with Gasteiger partial charge in [0.25, 0.3) is 0 Å². The van der Waals surface area contributed by atoms with Crippen molar-refractivity contribution >= 4 is 17.8 Å². The number of aromatic nitrogens is 2. The number of ether oxygens (including phenoxy) is 2. The van der Waals surface area contributed by atoms with Gasteiger partial charge in [0, 0.05) is 57.2 Å². The van der Waals surface area contributed by atoms with Crippen molar-refractivity contribution in [2.45, 2.75) is 38.0 Å². The first-order chi connectivity index (χ1) is 18.2. The zero-order valence-electron chi connectivity index (χ0n) is 21.1. The Morgan fingerprint density at radius 1 is 0.949 bits per heavy atom. The smallest absolute Gasteiger partial charge is 0.475 e. The molecule has 1 aromatic heterocycles. The van der Waals surface area contributed by atoms with Crippen LogP contribution in [0.1, 0.15) is 25.7 Å². The third-order valence-electron chi connectivity index (χ3n) is 6.40. The van der Waals surface area contributed by atoms with E-state index in [-0.39, 0.29) is 5.41 Å². The van der Waals surface area contributed by atoms with Crippen molar-refractivity contribution in [3.63, 3.8) is 0 Å². The van der Waals surface area contributed by atoms with E-state index < -0.39 is 24.3 Å². The molecule has 2 N–H and O–H groups in total. The van der Waals surface area contributed by atoms with Crippen LogP contribution in [0.25, 0.3) is 0 Å². The molecule has 0 aliphatic carbocycles. The van der Waals surface area contributed by atoms with Gasteiger partial charge in [-0.15, -0.1) is 0 Å². The summed E-state index contributed by atoms with van der Waals surface area (Å²) in [6.45, 7) is 9.03. The van der Waals surface area contributed by atoms with Crippen LogP contribution in [0.2, 0.25) is 0 Å². The molecule has 3 saturated heterocycles. The van der Waals surface area contributed by atoms with Crippen LogP contribution < -0.4 is 4.90 Å². The van der Waals surface area contributed by atoms with Crippen molar-refractivity contribution in [2.24, 2.45) is 11.3 Å². The third-order valence-corrected chi connectivity index (χ3v) is 6.40. The highest BCUT2D eigenvalue weighted by atomic mass is 19.4. The van der Waals surface area contributed by atoms with Crippen LogP contribution >= 0.6 is 0 Å². The molecule has 0 radical (unpaired) electrons. The van der Waals surface area contributed by atoms with E-state index >= 15 is 0 Å². The number of nitrogens with zero attached hydrogens (tertiary/aromatic N) is 4. The molecule has 222 valence electrons. The summed E-state index contributed by atoms with van der Waals surface area (Å²) in [5, 5.41) is 14.2. The van der Waals surface area contributed by atoms with Crippen LogP contribution in [-0.2, 0) is 19.1 Å². The molecule has 4 heterocycles. The fourth-order valence-electron chi connectivity index (χ4n) is 4.65. The fourth-order valence-corrected chi connectivity index (χ4v) is 4.65. The van der Waals surface area contributed by atoms with Crippen LogP contribution in [0, 0.1) is 11.3 Å². The summed E-state index contributed by atoms with van der Waals surface area (Å²) in [5.41, 5.74) is 0.220. The second kappa shape index (κ2) is 14.6. The molecule has 0 amide bonds. The normalized spacial score (nSPS) is 23.1. The molecular formula is C23H32F6N4O6. The van der Waals surface area contributed by atoms with E-state index in [0.29, 0.717) is 0 Å². The van der Waals surface area contributed by atoms with Gasteiger partial charge < -0.3 is 29.5 Å². The lowest BCUT2D eigenvalue weighted by molar-refractivity contribution is -0.193. The van der Waals surface area contributed by atoms with Crippen molar-refractivity contribution in [3.05, 3.63) is 18.6 Å². The lowest BCUT2D eigenvalue weighted by Gasteiger charge is -2.44. The number of carboxylic acid groups (broad SMARTS) is 2. The van der Waals surface area contributed by atoms with E-state index in [1.807, 2.05) is 6.20 Å². The zero-order chi connectivity index (χ0) is 29.1. The molecule has 3 aliphatic heterocycles. The molecule has 3 aliphatic rings. The highest BCUT2D eigenvalue weighted by molar-refractivity contribution is 5.73. The summed E-state index contributed by atoms with van der Waals surface area (Å²) in [7, 11) is 0. The van der Waals surface area contributed by atoms with Crippen LogP contribution in [0.4, 0.5) is 32.2 Å². The molecule has 10 nitrogen and oxygen atoms in total. The highest BCUT2D eigenvalue weighted by Crippen LogP contribution is 2.35. The van der Waals surface area contributed by atoms with Gasteiger partial charge in [-0.1, -0.05) is 0 Å². The molecule has 1 spiro atoms. The van der Waals surface area contributed by atoms with Gasteiger partial charge in [0.2, 0.25) is 0 Å². The number of carbonyl (C=O) groups is 2. The number of aliphatic carboxylic acids is 2. The minimum absolute atomic E-state index is 0.220. The number of alkyl halides is 6. The summed E-state index contributed by atoms with van der Waals surface area (Å²) in [4.78, 5) is 31.6. The van der Waals surface area contributed by atoms with Crippen LogP contribution in [0.5, 0.6) is 0 Å². The molecule has 0 aromatic carbocycles. The number of likely N-dealkylation sites (tertiary alicyclic amines) is 1. The number of rotatable bonds is 3. The van der Waals surface area contributed by atoms with E-state index in [9.17, 15) is 26.3 Å². The Morgan fingerprint density at radius 3 is 2.10 bits per heavy atom. The minimum Gasteiger partial charge on any atom is -0.475 e. The van der Waals surface area contributed by atoms with E-state index in [1.54, 1.807) is 12.4 Å². The summed E-state index contributed by atoms with van der Waals surface area (Å²) < 4.78 is 75.0. The van der Waals surface area contributed by atoms with E-state index in [2.05, 4.69) is 19.8 Å². The van der Waals surface area contributed by atoms with Crippen molar-refractivity contribution in [3.8, 4) is 0 Å². The Morgan fingerprint density at radius 2 is 1.56 bits per heavy atom. The number of carboxylic acids is 2. The molecule has 1 atom stereocenters. The molecule has 0 saturated carbocycles. The lowest BCUT2D eigenvalue weighted by Crippen LogP contribution is -2.51. The molecule has 1 aromatic rings. The standard InChI is InChI=1S/C19H30N4O2.2C2HF3O2/c1-4-19(14-22(7-1)13-17-2-9-24-10-3-17)15-23(8-11-25-16-19)18-12-20-5-6-21-18;2*3-2(4,5)1(6)7/h5-6,12,17H,1-4,7-11,13-16H2;2*(H,6,7). The van der Waals surface area contributed by atoms with Crippen molar-refractivity contribution in [1.29, 1.82) is 0 Å². The van der Waals surface area contributed by atoms with Gasteiger partial charge in [0.1, 0.15) is 5.82 Å². The first-order valence-corrected chi connectivity index (χ1v) is 12.2. The SMILES string of the molecule is O=C(O)C(F)(F)F.O=C(O)C(F)(F)F.c1cnc(N2CCOCC3(CCCN(CC4CCOCC4)C3)C2)cn1. The molecule has 1 unspecified atom stereocenters. The van der Waals surface area contributed by atoms with Gasteiger partial charge in [-0.2, -0.15) is 26.3 Å². The quantitative estimate of drug-likeness (QED) is 0.521. The Kier molecular flexibility index (Phi) is 12.2. The number of anilines is 1. The molecule has 0 bridgehead atoms. The maximum Gasteiger partial charge on any atom is 0.490 e. The van der Waals surface area contributed by atoms with E-state index in [1.165, 1.54) is 38.8 Å². The maximum atomic E-state index is 10.6. The average Bonchev–Trinajstić information content (AvgIpc) is 3.07. The largest absolute Gasteiger partial charge is 0.490 e. The molecular weight excluding hydrogens is 542 g/mol. The average molecular weight is 575 g/mol. The fraction of sp³-hybridized carbons (Fsp3) is 0.739. The Bertz CT molecular complexity index is 877. The van der Waals surface area contributed by atoms with Crippen molar-refractivity contribution in [1.82, 2.24) is 14.9 Å². The van der Waals surface area contributed by atoms with Gasteiger partial charge in [0.15, 0.2) is 0 Å². The highest BCUT2D eigenvalue weighted by Gasteiger charge is 2.40. The predicted molar refractivity (Wildman–Crippen MR) is 124 cm³/mol. The van der Waals surface area contributed by atoms with Crippen molar-refractivity contribution < 1.29 is 55.6 Å². The number of halogens is 6. The van der Waals surface area contributed by atoms with Crippen LogP contribution in [0.15, 0.2) is 18.6 Å². The number of piperidine rings is 1. The first-order valence-electron chi connectivity index (χ1n) is 12.2. The van der Waals surface area contributed by atoms with Gasteiger partial charge in [0.05, 0.1) is 19.4 Å². The second-order valence-electron chi connectivity index (χ2n) is 9.54. The van der Waals surface area contributed by atoms with Gasteiger partial charge in [-0.25, -0.2) is 14.6 Å². The maximum absolute atomic E-state index is 10.6. The minimum atomic E-state index is -5.08.